The van der Waals surface area contributed by atoms with Gasteiger partial charge in [-0.15, -0.1) is 0 Å². The fraction of sp³-hybridized carbons (Fsp3) is 1.00. The van der Waals surface area contributed by atoms with Crippen LogP contribution in [0.3, 0.4) is 0 Å². The molecule has 0 saturated carbocycles. The molecule has 0 unspecified atom stereocenters. The first-order valence-corrected chi connectivity index (χ1v) is 8.45. The number of rotatable bonds is 14. The molecule has 0 fully saturated rings. The summed E-state index contributed by atoms with van der Waals surface area (Å²) >= 11 is 0. The number of unbranched alkanes of at least 4 members (excludes halogenated alkanes) is 9. The Kier molecular flexibility index (Phi) is 26.4. The Bertz CT molecular complexity index is 132. The van der Waals surface area contributed by atoms with E-state index in [2.05, 4.69) is 12.2 Å². The molecule has 124 valence electrons. The molecule has 0 saturated heterocycles. The Morgan fingerprint density at radius 2 is 1.10 bits per heavy atom. The fourth-order valence-electron chi connectivity index (χ4n) is 1.91. The molecule has 20 heavy (non-hydrogen) atoms. The summed E-state index contributed by atoms with van der Waals surface area (Å²) in [7, 11) is 0. The summed E-state index contributed by atoms with van der Waals surface area (Å²) in [5, 5.41) is 19.1. The van der Waals surface area contributed by atoms with Crippen LogP contribution in [-0.4, -0.2) is 43.1 Å². The summed E-state index contributed by atoms with van der Waals surface area (Å²) in [4.78, 5) is 0. The van der Waals surface area contributed by atoms with Crippen molar-refractivity contribution in [3.8, 4) is 0 Å². The van der Waals surface area contributed by atoms with Gasteiger partial charge in [0.15, 0.2) is 0 Å². The van der Waals surface area contributed by atoms with Crippen LogP contribution < -0.4 is 11.1 Å². The molecule has 0 bridgehead atoms. The average Bonchev–Trinajstić information content (AvgIpc) is 2.47. The third kappa shape index (κ3) is 26.4. The number of aliphatic hydroxyl groups is 2. The predicted octanol–water partition coefficient (Wildman–Crippen LogP) is 2.43. The van der Waals surface area contributed by atoms with E-state index < -0.39 is 0 Å². The van der Waals surface area contributed by atoms with E-state index in [9.17, 15) is 0 Å². The van der Waals surface area contributed by atoms with Gasteiger partial charge in [0.05, 0.1) is 13.2 Å². The summed E-state index contributed by atoms with van der Waals surface area (Å²) in [6.07, 6.45) is 13.9. The summed E-state index contributed by atoms with van der Waals surface area (Å²) < 4.78 is 0. The first-order chi connectivity index (χ1) is 9.83. The lowest BCUT2D eigenvalue weighted by Gasteiger charge is -2.00. The van der Waals surface area contributed by atoms with Crippen LogP contribution in [0.2, 0.25) is 0 Å². The van der Waals surface area contributed by atoms with Gasteiger partial charge in [0.2, 0.25) is 0 Å². The molecule has 4 nitrogen and oxygen atoms in total. The van der Waals surface area contributed by atoms with Crippen molar-refractivity contribution >= 4 is 0 Å². The Balaban J connectivity index is 0. The molecule has 0 aliphatic carbocycles. The first kappa shape index (κ1) is 22.1. The van der Waals surface area contributed by atoms with Crippen molar-refractivity contribution in [3.63, 3.8) is 0 Å². The molecular weight excluding hydrogens is 252 g/mol. The molecule has 0 spiro atoms. The fourth-order valence-corrected chi connectivity index (χ4v) is 1.91. The minimum Gasteiger partial charge on any atom is -0.395 e. The molecular formula is C16H38N2O2. The predicted molar refractivity (Wildman–Crippen MR) is 87.9 cm³/mol. The maximum atomic E-state index is 8.15. The second kappa shape index (κ2) is 23.9. The minimum absolute atomic E-state index is 0.139. The van der Waals surface area contributed by atoms with Gasteiger partial charge in [-0.2, -0.15) is 0 Å². The molecule has 0 aromatic carbocycles. The highest BCUT2D eigenvalue weighted by Gasteiger charge is 1.91. The molecule has 5 N–H and O–H groups in total. The Hall–Kier alpha value is -0.160. The standard InChI is InChI=1S/C12H27N.C4H11NO2/c1-2-3-4-5-6-7-8-9-10-11-12-13;6-3-1-5-2-4-7/h2-13H2,1H3;5-7H,1-4H2. The zero-order valence-corrected chi connectivity index (χ0v) is 13.6. The molecule has 0 radical (unpaired) electrons. The van der Waals surface area contributed by atoms with Crippen LogP contribution in [0.4, 0.5) is 0 Å². The van der Waals surface area contributed by atoms with Gasteiger partial charge >= 0.3 is 0 Å². The first-order valence-electron chi connectivity index (χ1n) is 8.45. The third-order valence-electron chi connectivity index (χ3n) is 3.13. The second-order valence-corrected chi connectivity index (χ2v) is 5.17. The van der Waals surface area contributed by atoms with Crippen LogP contribution in [0.1, 0.15) is 71.1 Å². The van der Waals surface area contributed by atoms with Crippen LogP contribution in [0.5, 0.6) is 0 Å². The molecule has 0 amide bonds. The van der Waals surface area contributed by atoms with Crippen LogP contribution in [0, 0.1) is 0 Å². The van der Waals surface area contributed by atoms with Crippen LogP contribution in [0.15, 0.2) is 0 Å². The van der Waals surface area contributed by atoms with Gasteiger partial charge < -0.3 is 21.3 Å². The molecule has 0 aliphatic heterocycles. The van der Waals surface area contributed by atoms with Crippen LogP contribution >= 0.6 is 0 Å². The van der Waals surface area contributed by atoms with Crippen molar-refractivity contribution in [2.75, 3.05) is 32.8 Å². The van der Waals surface area contributed by atoms with E-state index in [1.165, 1.54) is 64.2 Å². The monoisotopic (exact) mass is 290 g/mol. The molecule has 4 heteroatoms. The highest BCUT2D eigenvalue weighted by Crippen LogP contribution is 2.09. The summed E-state index contributed by atoms with van der Waals surface area (Å²) in [6, 6.07) is 0. The smallest absolute Gasteiger partial charge is 0.0555 e. The van der Waals surface area contributed by atoms with Gasteiger partial charge in [0.25, 0.3) is 0 Å². The highest BCUT2D eigenvalue weighted by molar-refractivity contribution is 4.47. The number of hydrogen-bond donors (Lipinski definition) is 4. The van der Waals surface area contributed by atoms with Gasteiger partial charge in [-0.05, 0) is 13.0 Å². The quantitative estimate of drug-likeness (QED) is 0.371. The van der Waals surface area contributed by atoms with Crippen molar-refractivity contribution < 1.29 is 10.2 Å². The van der Waals surface area contributed by atoms with Gasteiger partial charge in [-0.1, -0.05) is 64.7 Å². The minimum atomic E-state index is 0.139. The lowest BCUT2D eigenvalue weighted by atomic mass is 10.1. The van der Waals surface area contributed by atoms with Crippen molar-refractivity contribution in [2.24, 2.45) is 5.73 Å². The SMILES string of the molecule is CCCCCCCCCCCCN.OCCNCCO. The molecule has 0 aromatic rings. The van der Waals surface area contributed by atoms with Gasteiger partial charge in [0, 0.05) is 13.1 Å². The van der Waals surface area contributed by atoms with Crippen molar-refractivity contribution in [1.82, 2.24) is 5.32 Å². The lowest BCUT2D eigenvalue weighted by Crippen LogP contribution is -2.21. The summed E-state index contributed by atoms with van der Waals surface area (Å²) in [5.74, 6) is 0. The van der Waals surface area contributed by atoms with E-state index in [0.29, 0.717) is 13.1 Å². The van der Waals surface area contributed by atoms with E-state index in [4.69, 9.17) is 15.9 Å². The van der Waals surface area contributed by atoms with E-state index >= 15 is 0 Å². The number of nitrogens with two attached hydrogens (primary N) is 1. The largest absolute Gasteiger partial charge is 0.395 e. The Morgan fingerprint density at radius 1 is 0.700 bits per heavy atom. The highest BCUT2D eigenvalue weighted by atomic mass is 16.3. The van der Waals surface area contributed by atoms with Gasteiger partial charge in [0.1, 0.15) is 0 Å². The number of hydrogen-bond acceptors (Lipinski definition) is 4. The maximum absolute atomic E-state index is 8.15. The zero-order valence-electron chi connectivity index (χ0n) is 13.6. The molecule has 0 atom stereocenters. The van der Waals surface area contributed by atoms with Crippen molar-refractivity contribution in [1.29, 1.82) is 0 Å². The van der Waals surface area contributed by atoms with Gasteiger partial charge in [-0.3, -0.25) is 0 Å². The number of nitrogens with one attached hydrogen (secondary N) is 1. The Morgan fingerprint density at radius 3 is 1.45 bits per heavy atom. The maximum Gasteiger partial charge on any atom is 0.0555 e. The molecule has 0 aromatic heterocycles. The lowest BCUT2D eigenvalue weighted by molar-refractivity contribution is 0.267. The van der Waals surface area contributed by atoms with Crippen LogP contribution in [-0.2, 0) is 0 Å². The van der Waals surface area contributed by atoms with Gasteiger partial charge in [-0.25, -0.2) is 0 Å². The molecule has 0 rings (SSSR count). The topological polar surface area (TPSA) is 78.5 Å². The summed E-state index contributed by atoms with van der Waals surface area (Å²) in [5.41, 5.74) is 5.42. The van der Waals surface area contributed by atoms with E-state index in [-0.39, 0.29) is 13.2 Å². The second-order valence-electron chi connectivity index (χ2n) is 5.17. The molecule has 0 aliphatic rings. The van der Waals surface area contributed by atoms with E-state index in [1.807, 2.05) is 0 Å². The normalized spacial score (nSPS) is 10.2. The van der Waals surface area contributed by atoms with Crippen molar-refractivity contribution in [3.05, 3.63) is 0 Å². The van der Waals surface area contributed by atoms with E-state index in [0.717, 1.165) is 6.54 Å². The Labute approximate surface area is 126 Å². The summed E-state index contributed by atoms with van der Waals surface area (Å²) in [6.45, 7) is 4.56. The van der Waals surface area contributed by atoms with Crippen molar-refractivity contribution in [2.45, 2.75) is 71.1 Å². The average molecular weight is 290 g/mol. The third-order valence-corrected chi connectivity index (χ3v) is 3.13. The number of aliphatic hydroxyl groups excluding tert-OH is 2. The van der Waals surface area contributed by atoms with E-state index in [1.54, 1.807) is 0 Å². The van der Waals surface area contributed by atoms with Crippen LogP contribution in [0.25, 0.3) is 0 Å². The molecule has 0 heterocycles. The zero-order chi connectivity index (χ0) is 15.3.